The predicted molar refractivity (Wildman–Crippen MR) is 224 cm³/mol. The van der Waals surface area contributed by atoms with Gasteiger partial charge < -0.3 is 43.8 Å². The molecule has 16 heteroatoms. The first-order valence-electron chi connectivity index (χ1n) is 18.5. The maximum Gasteiger partial charge on any atom is 0.323 e. The fourth-order valence-electron chi connectivity index (χ4n) is 5.83. The molecule has 0 radical (unpaired) electrons. The molecule has 0 atom stereocenters. The number of ether oxygens (including phenoxy) is 7. The van der Waals surface area contributed by atoms with Crippen LogP contribution < -0.4 is 34.3 Å². The Hall–Kier alpha value is -5.68. The maximum atomic E-state index is 13.5. The van der Waals surface area contributed by atoms with Crippen LogP contribution in [0.1, 0.15) is 37.7 Å². The maximum absolute atomic E-state index is 13.5. The van der Waals surface area contributed by atoms with Crippen LogP contribution in [-0.4, -0.2) is 91.6 Å². The van der Waals surface area contributed by atoms with Gasteiger partial charge in [0, 0.05) is 42.6 Å². The number of carbonyl (C=O) groups excluding carboxylic acids is 1. The van der Waals surface area contributed by atoms with Crippen molar-refractivity contribution in [2.45, 2.75) is 32.6 Å². The lowest BCUT2D eigenvalue weighted by Crippen LogP contribution is -2.22. The van der Waals surface area contributed by atoms with Gasteiger partial charge in [0.2, 0.25) is 15.9 Å². The molecule has 3 N–H and O–H groups in total. The molecule has 1 heterocycles. The Labute approximate surface area is 339 Å². The van der Waals surface area contributed by atoms with Crippen LogP contribution in [0.4, 0.5) is 21.9 Å². The molecule has 58 heavy (non-hydrogen) atoms. The van der Waals surface area contributed by atoms with Gasteiger partial charge in [-0.15, -0.1) is 0 Å². The molecule has 0 unspecified atom stereocenters. The third-order valence-electron chi connectivity index (χ3n) is 8.57. The van der Waals surface area contributed by atoms with Crippen LogP contribution in [-0.2, 0) is 36.1 Å². The number of carbonyl (C=O) groups is 1. The Morgan fingerprint density at radius 3 is 2.10 bits per heavy atom. The van der Waals surface area contributed by atoms with Crippen molar-refractivity contribution in [3.63, 3.8) is 0 Å². The molecule has 1 aromatic heterocycles. The van der Waals surface area contributed by atoms with Gasteiger partial charge >= 0.3 is 6.03 Å². The third-order valence-corrected chi connectivity index (χ3v) is 9.16. The zero-order valence-electron chi connectivity index (χ0n) is 33.8. The fourth-order valence-corrected chi connectivity index (χ4v) is 6.38. The SMILES string of the molecule is COCCOCCOCCOc1cc(Cc2nccc(Oc3ccc(NC(=O)Nc4cc(C(C)(C)C)cc(NS(C)(=O)=O)c4OC)c4ccccc34)n2)cc(OC)c1. The smallest absolute Gasteiger partial charge is 0.323 e. The molecule has 4 aromatic carbocycles. The molecule has 0 spiro atoms. The van der Waals surface area contributed by atoms with E-state index < -0.39 is 16.1 Å². The summed E-state index contributed by atoms with van der Waals surface area (Å²) in [6, 6.07) is 21.2. The zero-order chi connectivity index (χ0) is 41.7. The van der Waals surface area contributed by atoms with Crippen LogP contribution in [0.25, 0.3) is 10.8 Å². The van der Waals surface area contributed by atoms with Gasteiger partial charge in [-0.3, -0.25) is 4.72 Å². The standard InChI is InChI=1S/C42H51N5O10S/c1-42(2,3)29-25-35(40(53-6)36(26-29)47-58(7,49)50)45-41(48)44-34-12-13-37(33-11-9-8-10-32(33)34)57-39-14-15-43-38(46-39)24-28-22-30(52-5)27-31(23-28)56-21-20-55-19-18-54-17-16-51-4/h8-15,22-23,25-27,47H,16-21,24H2,1-7H3,(H2,44,45,48). The average Bonchev–Trinajstić information content (AvgIpc) is 3.17. The topological polar surface area (TPSA) is 178 Å². The highest BCUT2D eigenvalue weighted by Crippen LogP contribution is 2.40. The average molecular weight is 818 g/mol. The van der Waals surface area contributed by atoms with Gasteiger partial charge in [-0.1, -0.05) is 45.0 Å². The Kier molecular flexibility index (Phi) is 15.1. The van der Waals surface area contributed by atoms with E-state index in [0.29, 0.717) is 91.8 Å². The zero-order valence-corrected chi connectivity index (χ0v) is 34.7. The van der Waals surface area contributed by atoms with E-state index in [0.717, 1.165) is 22.8 Å². The van der Waals surface area contributed by atoms with Crippen molar-refractivity contribution in [2.75, 3.05) is 82.6 Å². The van der Waals surface area contributed by atoms with Gasteiger partial charge in [-0.25, -0.2) is 18.2 Å². The number of sulfonamides is 1. The molecule has 2 amide bonds. The number of anilines is 3. The number of amides is 2. The van der Waals surface area contributed by atoms with Gasteiger partial charge in [0.15, 0.2) is 5.75 Å². The van der Waals surface area contributed by atoms with Crippen molar-refractivity contribution < 1.29 is 46.4 Å². The van der Waals surface area contributed by atoms with Crippen LogP contribution in [0.5, 0.6) is 28.9 Å². The summed E-state index contributed by atoms with van der Waals surface area (Å²) in [5.74, 6) is 2.80. The Morgan fingerprint density at radius 1 is 0.741 bits per heavy atom. The molecule has 15 nitrogen and oxygen atoms in total. The van der Waals surface area contributed by atoms with E-state index >= 15 is 0 Å². The number of hydrogen-bond donors (Lipinski definition) is 3. The lowest BCUT2D eigenvalue weighted by molar-refractivity contribution is 0.0179. The van der Waals surface area contributed by atoms with E-state index in [1.807, 2.05) is 63.2 Å². The van der Waals surface area contributed by atoms with Crippen LogP contribution >= 0.6 is 0 Å². The van der Waals surface area contributed by atoms with Gasteiger partial charge in [0.1, 0.15) is 29.7 Å². The minimum Gasteiger partial charge on any atom is -0.497 e. The van der Waals surface area contributed by atoms with Crippen LogP contribution in [0, 0.1) is 0 Å². The highest BCUT2D eigenvalue weighted by molar-refractivity contribution is 7.92. The molecule has 0 bridgehead atoms. The Morgan fingerprint density at radius 2 is 1.41 bits per heavy atom. The van der Waals surface area contributed by atoms with Gasteiger partial charge in [-0.05, 0) is 52.9 Å². The summed E-state index contributed by atoms with van der Waals surface area (Å²) < 4.78 is 66.1. The molecular formula is C42H51N5O10S. The van der Waals surface area contributed by atoms with Crippen molar-refractivity contribution >= 4 is 43.9 Å². The molecule has 5 aromatic rings. The normalized spacial score (nSPS) is 11.6. The number of benzene rings is 4. The molecule has 0 aliphatic carbocycles. The van der Waals surface area contributed by atoms with E-state index in [2.05, 4.69) is 25.3 Å². The number of nitrogens with zero attached hydrogens (tertiary/aromatic N) is 2. The summed E-state index contributed by atoms with van der Waals surface area (Å²) in [4.78, 5) is 22.7. The highest BCUT2D eigenvalue weighted by atomic mass is 32.2. The minimum atomic E-state index is -3.64. The minimum absolute atomic E-state index is 0.170. The molecule has 0 aliphatic rings. The summed E-state index contributed by atoms with van der Waals surface area (Å²) >= 11 is 0. The summed E-state index contributed by atoms with van der Waals surface area (Å²) in [5, 5.41) is 7.20. The van der Waals surface area contributed by atoms with E-state index in [9.17, 15) is 13.2 Å². The summed E-state index contributed by atoms with van der Waals surface area (Å²) in [7, 11) is 0.990. The number of aromatic nitrogens is 2. The number of hydrogen-bond acceptors (Lipinski definition) is 12. The Bertz CT molecular complexity index is 2280. The second-order valence-corrected chi connectivity index (χ2v) is 15.9. The molecule has 0 saturated carbocycles. The number of urea groups is 1. The first-order chi connectivity index (χ1) is 27.8. The van der Waals surface area contributed by atoms with Crippen molar-refractivity contribution in [2.24, 2.45) is 0 Å². The predicted octanol–water partition coefficient (Wildman–Crippen LogP) is 7.40. The van der Waals surface area contributed by atoms with E-state index in [1.54, 1.807) is 50.7 Å². The quantitative estimate of drug-likeness (QED) is 0.0665. The molecular weight excluding hydrogens is 767 g/mol. The van der Waals surface area contributed by atoms with Crippen LogP contribution in [0.3, 0.4) is 0 Å². The summed E-state index contributed by atoms with van der Waals surface area (Å²) in [6.07, 6.45) is 3.07. The Balaban J connectivity index is 1.28. The number of fused-ring (bicyclic) bond motifs is 1. The largest absolute Gasteiger partial charge is 0.497 e. The van der Waals surface area contributed by atoms with Crippen LogP contribution in [0.2, 0.25) is 0 Å². The van der Waals surface area contributed by atoms with Crippen molar-refractivity contribution in [1.82, 2.24) is 9.97 Å². The lowest BCUT2D eigenvalue weighted by atomic mass is 9.86. The lowest BCUT2D eigenvalue weighted by Gasteiger charge is -2.24. The van der Waals surface area contributed by atoms with E-state index in [1.165, 1.54) is 7.11 Å². The van der Waals surface area contributed by atoms with Crippen LogP contribution in [0.15, 0.2) is 79.0 Å². The van der Waals surface area contributed by atoms with Gasteiger partial charge in [-0.2, -0.15) is 4.98 Å². The van der Waals surface area contributed by atoms with Gasteiger partial charge in [0.25, 0.3) is 0 Å². The number of rotatable bonds is 20. The van der Waals surface area contributed by atoms with E-state index in [4.69, 9.17) is 33.2 Å². The van der Waals surface area contributed by atoms with Crippen molar-refractivity contribution in [3.05, 3.63) is 95.9 Å². The van der Waals surface area contributed by atoms with Crippen molar-refractivity contribution in [3.8, 4) is 28.9 Å². The van der Waals surface area contributed by atoms with E-state index in [-0.39, 0.29) is 16.9 Å². The number of methoxy groups -OCH3 is 3. The fraction of sp³-hybridized carbons (Fsp3) is 0.357. The molecule has 5 rings (SSSR count). The van der Waals surface area contributed by atoms with Crippen molar-refractivity contribution in [1.29, 1.82) is 0 Å². The highest BCUT2D eigenvalue weighted by Gasteiger charge is 2.23. The third kappa shape index (κ3) is 12.7. The second kappa shape index (κ2) is 20.1. The van der Waals surface area contributed by atoms with Gasteiger partial charge in [0.05, 0.1) is 70.6 Å². The molecule has 310 valence electrons. The summed E-state index contributed by atoms with van der Waals surface area (Å²) in [6.45, 7) is 8.71. The summed E-state index contributed by atoms with van der Waals surface area (Å²) in [5.41, 5.74) is 2.31. The molecule has 0 saturated heterocycles. The molecule has 0 aliphatic heterocycles. The first-order valence-corrected chi connectivity index (χ1v) is 20.4. The molecule has 0 fully saturated rings. The second-order valence-electron chi connectivity index (χ2n) is 14.1. The monoisotopic (exact) mass is 817 g/mol. The number of nitrogens with one attached hydrogen (secondary N) is 3. The first kappa shape index (κ1) is 43.4.